The molecule has 7 heteroatoms. The highest BCUT2D eigenvalue weighted by atomic mass is 32.2. The van der Waals surface area contributed by atoms with Crippen LogP contribution in [-0.4, -0.2) is 21.3 Å². The van der Waals surface area contributed by atoms with E-state index in [2.05, 4.69) is 5.32 Å². The van der Waals surface area contributed by atoms with Crippen molar-refractivity contribution in [2.75, 3.05) is 16.7 Å². The predicted octanol–water partition coefficient (Wildman–Crippen LogP) is 4.49. The zero-order valence-corrected chi connectivity index (χ0v) is 18.0. The first-order valence-electron chi connectivity index (χ1n) is 9.73. The number of carbonyl (C=O) groups is 1. The molecule has 6 nitrogen and oxygen atoms in total. The number of nitrogens with one attached hydrogen (secondary N) is 1. The Morgan fingerprint density at radius 1 is 1.00 bits per heavy atom. The van der Waals surface area contributed by atoms with E-state index in [-0.39, 0.29) is 11.4 Å². The van der Waals surface area contributed by atoms with Crippen molar-refractivity contribution in [2.45, 2.75) is 13.5 Å². The van der Waals surface area contributed by atoms with Gasteiger partial charge in [-0.25, -0.2) is 8.42 Å². The van der Waals surface area contributed by atoms with Gasteiger partial charge < -0.3 is 10.1 Å². The van der Waals surface area contributed by atoms with Crippen LogP contribution in [0.5, 0.6) is 5.75 Å². The standard InChI is InChI=1S/C24H22N2O4S/c1-17-8-7-9-18(14-17)16-26-21-12-5-3-10-19(21)24(27)23(31(26,28)29)15-25-20-11-4-6-13-22(20)30-2/h3-15,25H,16H2,1-2H3/b23-15-. The Morgan fingerprint density at radius 3 is 2.52 bits per heavy atom. The fourth-order valence-electron chi connectivity index (χ4n) is 3.57. The molecule has 1 aliphatic heterocycles. The molecule has 158 valence electrons. The van der Waals surface area contributed by atoms with Crippen molar-refractivity contribution in [2.24, 2.45) is 0 Å². The Kier molecular flexibility index (Phi) is 5.52. The van der Waals surface area contributed by atoms with Crippen LogP contribution in [-0.2, 0) is 16.6 Å². The van der Waals surface area contributed by atoms with Crippen LogP contribution in [0.25, 0.3) is 0 Å². The number of Topliss-reactive ketones (excluding diaryl/α,β-unsaturated/α-hetero) is 1. The minimum atomic E-state index is -4.09. The van der Waals surface area contributed by atoms with E-state index >= 15 is 0 Å². The molecule has 3 aromatic carbocycles. The minimum absolute atomic E-state index is 0.125. The normalized spacial score (nSPS) is 16.1. The van der Waals surface area contributed by atoms with Gasteiger partial charge in [-0.05, 0) is 36.8 Å². The highest BCUT2D eigenvalue weighted by Gasteiger charge is 2.40. The second-order valence-corrected chi connectivity index (χ2v) is 9.03. The van der Waals surface area contributed by atoms with E-state index < -0.39 is 15.8 Å². The smallest absolute Gasteiger partial charge is 0.270 e. The van der Waals surface area contributed by atoms with E-state index in [1.54, 1.807) is 48.5 Å². The lowest BCUT2D eigenvalue weighted by Gasteiger charge is -2.31. The number of hydrogen-bond acceptors (Lipinski definition) is 5. The maximum atomic E-state index is 13.5. The number of anilines is 2. The van der Waals surface area contributed by atoms with Gasteiger partial charge in [0.05, 0.1) is 25.0 Å². The second-order valence-electron chi connectivity index (χ2n) is 7.20. The summed E-state index contributed by atoms with van der Waals surface area (Å²) in [5.74, 6) is -0.00415. The molecule has 0 radical (unpaired) electrons. The van der Waals surface area contributed by atoms with Crippen molar-refractivity contribution in [1.29, 1.82) is 0 Å². The summed E-state index contributed by atoms with van der Waals surface area (Å²) in [6, 6.07) is 21.5. The molecule has 0 unspecified atom stereocenters. The summed E-state index contributed by atoms with van der Waals surface area (Å²) in [6.07, 6.45) is 1.24. The van der Waals surface area contributed by atoms with Crippen LogP contribution in [0.3, 0.4) is 0 Å². The van der Waals surface area contributed by atoms with Crippen LogP contribution >= 0.6 is 0 Å². The van der Waals surface area contributed by atoms with Crippen LogP contribution in [0.4, 0.5) is 11.4 Å². The van der Waals surface area contributed by atoms with E-state index in [0.717, 1.165) is 11.1 Å². The van der Waals surface area contributed by atoms with E-state index in [9.17, 15) is 13.2 Å². The van der Waals surface area contributed by atoms with Crippen molar-refractivity contribution in [1.82, 2.24) is 0 Å². The largest absolute Gasteiger partial charge is 0.495 e. The lowest BCUT2D eigenvalue weighted by molar-refractivity contribution is 0.104. The molecule has 1 aliphatic rings. The third-order valence-corrected chi connectivity index (χ3v) is 6.85. The van der Waals surface area contributed by atoms with Crippen molar-refractivity contribution in [3.63, 3.8) is 0 Å². The fourth-order valence-corrected chi connectivity index (χ4v) is 5.10. The summed E-state index contributed by atoms with van der Waals surface area (Å²) in [7, 11) is -2.56. The number of ether oxygens (including phenoxy) is 1. The van der Waals surface area contributed by atoms with Gasteiger partial charge in [0.15, 0.2) is 4.91 Å². The van der Waals surface area contributed by atoms with Gasteiger partial charge in [-0.15, -0.1) is 0 Å². The second kappa shape index (κ2) is 8.28. The zero-order chi connectivity index (χ0) is 22.0. The lowest BCUT2D eigenvalue weighted by atomic mass is 10.1. The Bertz CT molecular complexity index is 1280. The van der Waals surface area contributed by atoms with Gasteiger partial charge in [0.2, 0.25) is 5.78 Å². The summed E-state index contributed by atoms with van der Waals surface area (Å²) in [5, 5.41) is 2.93. The number of allylic oxidation sites excluding steroid dienone is 1. The van der Waals surface area contributed by atoms with Crippen LogP contribution in [0, 0.1) is 6.92 Å². The lowest BCUT2D eigenvalue weighted by Crippen LogP contribution is -2.39. The highest BCUT2D eigenvalue weighted by Crippen LogP contribution is 2.36. The number of sulfonamides is 1. The van der Waals surface area contributed by atoms with E-state index in [0.29, 0.717) is 22.7 Å². The molecule has 1 N–H and O–H groups in total. The molecule has 4 rings (SSSR count). The summed E-state index contributed by atoms with van der Waals surface area (Å²) >= 11 is 0. The molecular formula is C24H22N2O4S. The molecule has 0 aliphatic carbocycles. The predicted molar refractivity (Wildman–Crippen MR) is 122 cm³/mol. The molecule has 0 amide bonds. The molecule has 0 aromatic heterocycles. The van der Waals surface area contributed by atoms with Crippen molar-refractivity contribution < 1.29 is 17.9 Å². The van der Waals surface area contributed by atoms with Gasteiger partial charge in [0, 0.05) is 11.8 Å². The summed E-state index contributed by atoms with van der Waals surface area (Å²) in [5.41, 5.74) is 3.15. The SMILES string of the molecule is COc1ccccc1N/C=C1/C(=O)c2ccccc2N(Cc2cccc(C)c2)S1(=O)=O. The Balaban J connectivity index is 1.79. The number of para-hydroxylation sites is 3. The minimum Gasteiger partial charge on any atom is -0.495 e. The Morgan fingerprint density at radius 2 is 1.74 bits per heavy atom. The van der Waals surface area contributed by atoms with Crippen LogP contribution in [0.1, 0.15) is 21.5 Å². The Labute approximate surface area is 181 Å². The number of ketones is 1. The van der Waals surface area contributed by atoms with Gasteiger partial charge in [-0.2, -0.15) is 0 Å². The number of rotatable bonds is 5. The third kappa shape index (κ3) is 3.92. The molecule has 3 aromatic rings. The van der Waals surface area contributed by atoms with Gasteiger partial charge in [0.25, 0.3) is 10.0 Å². The molecule has 0 saturated carbocycles. The fraction of sp³-hybridized carbons (Fsp3) is 0.125. The molecule has 31 heavy (non-hydrogen) atoms. The van der Waals surface area contributed by atoms with E-state index in [4.69, 9.17) is 4.74 Å². The number of nitrogens with zero attached hydrogens (tertiary/aromatic N) is 1. The van der Waals surface area contributed by atoms with Gasteiger partial charge in [-0.3, -0.25) is 9.10 Å². The molecular weight excluding hydrogens is 412 g/mol. The molecule has 0 spiro atoms. The van der Waals surface area contributed by atoms with Crippen LogP contribution in [0.15, 0.2) is 83.9 Å². The topological polar surface area (TPSA) is 75.7 Å². The van der Waals surface area contributed by atoms with Crippen LogP contribution < -0.4 is 14.4 Å². The number of fused-ring (bicyclic) bond motifs is 1. The summed E-state index contributed by atoms with van der Waals surface area (Å²) in [4.78, 5) is 12.8. The van der Waals surface area contributed by atoms with Gasteiger partial charge >= 0.3 is 0 Å². The van der Waals surface area contributed by atoms with Crippen molar-refractivity contribution in [3.8, 4) is 5.75 Å². The first-order chi connectivity index (χ1) is 14.9. The first kappa shape index (κ1) is 20.7. The maximum Gasteiger partial charge on any atom is 0.270 e. The Hall–Kier alpha value is -3.58. The van der Waals surface area contributed by atoms with Crippen molar-refractivity contribution in [3.05, 3.63) is 101 Å². The number of hydrogen-bond donors (Lipinski definition) is 1. The average Bonchev–Trinajstić information content (AvgIpc) is 2.77. The molecule has 0 atom stereocenters. The summed E-state index contributed by atoms with van der Waals surface area (Å²) in [6.45, 7) is 2.08. The molecule has 0 fully saturated rings. The molecule has 0 bridgehead atoms. The first-order valence-corrected chi connectivity index (χ1v) is 11.2. The van der Waals surface area contributed by atoms with Crippen LogP contribution in [0.2, 0.25) is 0 Å². The maximum absolute atomic E-state index is 13.5. The molecule has 1 heterocycles. The number of carbonyl (C=O) groups excluding carboxylic acids is 1. The quantitative estimate of drug-likeness (QED) is 0.599. The number of methoxy groups -OCH3 is 1. The van der Waals surface area contributed by atoms with E-state index in [1.807, 2.05) is 31.2 Å². The van der Waals surface area contributed by atoms with Gasteiger partial charge in [-0.1, -0.05) is 54.1 Å². The zero-order valence-electron chi connectivity index (χ0n) is 17.2. The average molecular weight is 435 g/mol. The number of benzene rings is 3. The molecule has 0 saturated heterocycles. The number of aryl methyl sites for hydroxylation is 1. The highest BCUT2D eigenvalue weighted by molar-refractivity contribution is 7.97. The van der Waals surface area contributed by atoms with E-state index in [1.165, 1.54) is 17.6 Å². The van der Waals surface area contributed by atoms with Crippen molar-refractivity contribution >= 4 is 27.2 Å². The third-order valence-electron chi connectivity index (χ3n) is 5.08. The monoisotopic (exact) mass is 434 g/mol. The summed E-state index contributed by atoms with van der Waals surface area (Å²) < 4.78 is 33.6. The van der Waals surface area contributed by atoms with Gasteiger partial charge in [0.1, 0.15) is 5.75 Å².